The van der Waals surface area contributed by atoms with Gasteiger partial charge in [0.2, 0.25) is 65.0 Å². The molecule has 1 saturated heterocycles. The number of nitrogens with zero attached hydrogens (tertiary/aromatic N) is 7. The van der Waals surface area contributed by atoms with E-state index in [1.54, 1.807) is 67.5 Å². The number of ether oxygens (including phenoxy) is 2. The van der Waals surface area contributed by atoms with Crippen LogP contribution in [0.25, 0.3) is 0 Å². The first-order chi connectivity index (χ1) is 43.2. The summed E-state index contributed by atoms with van der Waals surface area (Å²) in [4.78, 5) is 182. The van der Waals surface area contributed by atoms with Crippen LogP contribution in [-0.4, -0.2) is 259 Å². The van der Waals surface area contributed by atoms with Crippen molar-refractivity contribution < 1.29 is 72.1 Å². The van der Waals surface area contributed by atoms with Gasteiger partial charge in [0.25, 0.3) is 0 Å². The van der Waals surface area contributed by atoms with Crippen LogP contribution in [0.4, 0.5) is 4.79 Å². The summed E-state index contributed by atoms with van der Waals surface area (Å²) >= 11 is 0. The van der Waals surface area contributed by atoms with E-state index < -0.39 is 168 Å². The third-order valence-corrected chi connectivity index (χ3v) is 17.1. The normalized spacial score (nSPS) is 25.8. The van der Waals surface area contributed by atoms with Gasteiger partial charge in [-0.1, -0.05) is 95.2 Å². The van der Waals surface area contributed by atoms with Gasteiger partial charge in [-0.25, -0.2) is 4.79 Å². The van der Waals surface area contributed by atoms with Gasteiger partial charge in [-0.05, 0) is 108 Å². The molecule has 0 radical (unpaired) electrons. The van der Waals surface area contributed by atoms with Crippen molar-refractivity contribution in [3.05, 3.63) is 12.2 Å². The lowest BCUT2D eigenvalue weighted by Crippen LogP contribution is -2.63. The number of rotatable bonds is 20. The van der Waals surface area contributed by atoms with Crippen molar-refractivity contribution in [1.29, 1.82) is 0 Å². The molecule has 93 heavy (non-hydrogen) atoms. The number of alkyl carbamates (subject to hydrolysis) is 1. The predicted molar refractivity (Wildman–Crippen MR) is 354 cm³/mol. The topological polar surface area (TPSA) is 326 Å². The Bertz CT molecular complexity index is 2550. The SMILES string of the molecule is C/C=C/C[C@@H](C)[C@@H](O)[C@H]1C(=O)N[C@@H](CC)C(=O)N(C)CC(=O)N(C)[C@@H]([C@@H](C)OCCCCOC(=O)NC)C(=O)N[C@@H](C(C)C)C(=O)N(C)[C@@H](CC(C)C)C(=O)N[C@@H](C)C(=O)N[C@H](C)C(=O)N(C)[C@@H](CC(C)C)C(=O)N(C)[C@@H](CC(C)C)C(=O)N(C)[C@H](C(C)C)C(=O)N1C. The van der Waals surface area contributed by atoms with Crippen LogP contribution >= 0.6 is 0 Å². The average molecular weight is 1320 g/mol. The molecule has 0 aliphatic carbocycles. The number of hydrogen-bond donors (Lipinski definition) is 6. The van der Waals surface area contributed by atoms with Crippen LogP contribution in [0.15, 0.2) is 12.2 Å². The predicted octanol–water partition coefficient (Wildman–Crippen LogP) is 2.76. The molecule has 1 heterocycles. The van der Waals surface area contributed by atoms with Crippen LogP contribution < -0.4 is 26.6 Å². The molecular weight excluding hydrogens is 1200 g/mol. The number of carbonyl (C=O) groups is 12. The van der Waals surface area contributed by atoms with Gasteiger partial charge in [0.15, 0.2) is 0 Å². The number of carbonyl (C=O) groups excluding carboxylic acids is 12. The van der Waals surface area contributed by atoms with Crippen molar-refractivity contribution >= 4 is 71.1 Å². The first-order valence-electron chi connectivity index (χ1n) is 33.0. The summed E-state index contributed by atoms with van der Waals surface area (Å²) in [5.41, 5.74) is 0. The van der Waals surface area contributed by atoms with Gasteiger partial charge in [-0.15, -0.1) is 0 Å². The summed E-state index contributed by atoms with van der Waals surface area (Å²) < 4.78 is 11.2. The number of aliphatic hydroxyl groups is 1. The number of likely N-dealkylation sites (N-methyl/N-ethyl adjacent to an activating group) is 7. The van der Waals surface area contributed by atoms with Crippen molar-refractivity contribution in [3.63, 3.8) is 0 Å². The largest absolute Gasteiger partial charge is 0.450 e. The van der Waals surface area contributed by atoms with E-state index in [0.717, 1.165) is 14.7 Å². The molecule has 27 heteroatoms. The highest BCUT2D eigenvalue weighted by Gasteiger charge is 2.46. The van der Waals surface area contributed by atoms with Crippen LogP contribution in [-0.2, 0) is 62.2 Å². The zero-order valence-electron chi connectivity index (χ0n) is 60.4. The van der Waals surface area contributed by atoms with Gasteiger partial charge in [0.05, 0.1) is 25.4 Å². The summed E-state index contributed by atoms with van der Waals surface area (Å²) in [6, 6.07) is -13.1. The van der Waals surface area contributed by atoms with Crippen LogP contribution in [0.3, 0.4) is 0 Å². The first-order valence-corrected chi connectivity index (χ1v) is 33.0. The standard InChI is InChI=1S/C66H118N12O15/c1-25-27-30-42(13)55(80)54-59(84)70-46(26-2)61(86)72(18)36-50(79)76(22)53(45(16)92-31-28-29-32-93-66(91)67-17)58(83)71-51(40(9)10)64(89)73(19)47(33-37(3)4)57(82)68-43(14)56(81)69-44(15)60(85)74(20)48(34-38(5)6)62(87)75(21)49(35-39(7)8)63(88)77(23)52(41(11)12)65(90)78(54)24/h25,27,37-49,51-55,80H,26,28-36H2,1-24H3,(H,67,91)(H,68,82)(H,69,81)(H,70,84)(H,71,83)/b27-25+/t42-,43+,44-,45-,46+,47+,48+,49+,51+,52-,53+,54+,55-/m1/s1. The highest BCUT2D eigenvalue weighted by Crippen LogP contribution is 2.26. The molecule has 0 aromatic carbocycles. The number of unbranched alkanes of at least 4 members (excludes halogenated alkanes) is 1. The molecule has 1 aliphatic rings. The van der Waals surface area contributed by atoms with E-state index in [2.05, 4.69) is 26.6 Å². The lowest BCUT2D eigenvalue weighted by Gasteiger charge is -2.41. The second-order valence-electron chi connectivity index (χ2n) is 27.1. The molecule has 27 nitrogen and oxygen atoms in total. The molecule has 1 rings (SSSR count). The summed E-state index contributed by atoms with van der Waals surface area (Å²) in [5.74, 6) is -10.4. The molecule has 0 saturated carbocycles. The van der Waals surface area contributed by atoms with Gasteiger partial charge in [-0.2, -0.15) is 0 Å². The minimum atomic E-state index is -1.65. The highest BCUT2D eigenvalue weighted by molar-refractivity contribution is 5.99. The maximum Gasteiger partial charge on any atom is 0.406 e. The number of nitrogens with one attached hydrogen (secondary N) is 5. The molecule has 0 unspecified atom stereocenters. The maximum atomic E-state index is 15.2. The Morgan fingerprint density at radius 2 is 1.02 bits per heavy atom. The molecule has 532 valence electrons. The Hall–Kier alpha value is -6.90. The minimum Gasteiger partial charge on any atom is -0.450 e. The van der Waals surface area contributed by atoms with Crippen molar-refractivity contribution in [3.8, 4) is 0 Å². The first kappa shape index (κ1) is 84.1. The number of hydrogen-bond acceptors (Lipinski definition) is 15. The zero-order chi connectivity index (χ0) is 71.8. The molecule has 0 bridgehead atoms. The fourth-order valence-corrected chi connectivity index (χ4v) is 11.3. The van der Waals surface area contributed by atoms with E-state index in [1.807, 2.05) is 41.5 Å². The second-order valence-corrected chi connectivity index (χ2v) is 27.1. The van der Waals surface area contributed by atoms with Gasteiger partial charge in [0, 0.05) is 63.0 Å². The van der Waals surface area contributed by atoms with Gasteiger partial charge < -0.3 is 75.5 Å². The number of aliphatic hydroxyl groups excluding tert-OH is 1. The molecule has 1 aliphatic heterocycles. The molecule has 0 spiro atoms. The van der Waals surface area contributed by atoms with Crippen molar-refractivity contribution in [1.82, 2.24) is 60.9 Å². The third-order valence-electron chi connectivity index (χ3n) is 17.1. The Morgan fingerprint density at radius 3 is 1.52 bits per heavy atom. The Labute approximate surface area is 554 Å². The molecule has 0 aromatic rings. The number of amides is 12. The highest BCUT2D eigenvalue weighted by atomic mass is 16.5. The average Bonchev–Trinajstić information content (AvgIpc) is 0.825. The van der Waals surface area contributed by atoms with Gasteiger partial charge in [-0.3, -0.25) is 52.7 Å². The third kappa shape index (κ3) is 24.7. The van der Waals surface area contributed by atoms with E-state index in [1.165, 1.54) is 89.8 Å². The molecule has 0 aromatic heterocycles. The van der Waals surface area contributed by atoms with Crippen molar-refractivity contribution in [2.24, 2.45) is 35.5 Å². The summed E-state index contributed by atoms with van der Waals surface area (Å²) in [5, 5.41) is 25.4. The van der Waals surface area contributed by atoms with Crippen LogP contribution in [0.5, 0.6) is 0 Å². The van der Waals surface area contributed by atoms with E-state index >= 15 is 14.4 Å². The summed E-state index contributed by atoms with van der Waals surface area (Å²) in [6.07, 6.45) is 1.71. The maximum absolute atomic E-state index is 15.2. The molecule has 12 amide bonds. The lowest BCUT2D eigenvalue weighted by atomic mass is 9.91. The van der Waals surface area contributed by atoms with E-state index in [-0.39, 0.29) is 63.1 Å². The Balaban J connectivity index is 4.37. The van der Waals surface area contributed by atoms with Crippen LogP contribution in [0.1, 0.15) is 156 Å². The zero-order valence-corrected chi connectivity index (χ0v) is 60.4. The fraction of sp³-hybridized carbons (Fsp3) is 0.788. The van der Waals surface area contributed by atoms with Crippen LogP contribution in [0.2, 0.25) is 0 Å². The smallest absolute Gasteiger partial charge is 0.406 e. The molecule has 13 atom stereocenters. The quantitative estimate of drug-likeness (QED) is 0.0754. The lowest BCUT2D eigenvalue weighted by molar-refractivity contribution is -0.157. The van der Waals surface area contributed by atoms with Crippen molar-refractivity contribution in [2.45, 2.75) is 228 Å². The van der Waals surface area contributed by atoms with Gasteiger partial charge >= 0.3 is 6.09 Å². The Kier molecular flexibility index (Phi) is 35.9. The fourth-order valence-electron chi connectivity index (χ4n) is 11.3. The van der Waals surface area contributed by atoms with E-state index in [0.29, 0.717) is 12.8 Å². The molecular formula is C66H118N12O15. The van der Waals surface area contributed by atoms with Gasteiger partial charge in [0.1, 0.15) is 60.4 Å². The van der Waals surface area contributed by atoms with Crippen molar-refractivity contribution in [2.75, 3.05) is 76.1 Å². The molecule has 1 fully saturated rings. The van der Waals surface area contributed by atoms with E-state index in [9.17, 15) is 48.3 Å². The summed E-state index contributed by atoms with van der Waals surface area (Å²) in [6.45, 7) is 26.9. The van der Waals surface area contributed by atoms with E-state index in [4.69, 9.17) is 9.47 Å². The van der Waals surface area contributed by atoms with Crippen LogP contribution in [0, 0.1) is 35.5 Å². The molecule has 6 N–H and O–H groups in total. The summed E-state index contributed by atoms with van der Waals surface area (Å²) in [7, 11) is 11.1. The Morgan fingerprint density at radius 1 is 0.548 bits per heavy atom. The second kappa shape index (κ2) is 39.7. The minimum absolute atomic E-state index is 0.0270. The number of allylic oxidation sites excluding steroid dienone is 2. The monoisotopic (exact) mass is 1320 g/mol.